The number of halogens is 1. The number of aryl methyl sites for hydroxylation is 1. The van der Waals surface area contributed by atoms with E-state index in [0.29, 0.717) is 23.9 Å². The summed E-state index contributed by atoms with van der Waals surface area (Å²) in [6, 6.07) is 15.3. The molecule has 5 heteroatoms. The van der Waals surface area contributed by atoms with Crippen LogP contribution in [0.1, 0.15) is 31.1 Å². The van der Waals surface area contributed by atoms with Crippen molar-refractivity contribution in [3.05, 3.63) is 64.7 Å². The normalized spacial score (nSPS) is 21.3. The SMILES string of the molecule is Cc1ccccc1[C@@H]1CN(C(=O)[C@H](C)Oc2ccccc2Cl)[C@H](C)CO1. The lowest BCUT2D eigenvalue weighted by Crippen LogP contribution is -2.52. The molecule has 1 heterocycles. The van der Waals surface area contributed by atoms with E-state index in [1.54, 1.807) is 19.1 Å². The number of hydrogen-bond donors (Lipinski definition) is 0. The Morgan fingerprint density at radius 3 is 2.65 bits per heavy atom. The number of hydrogen-bond acceptors (Lipinski definition) is 3. The van der Waals surface area contributed by atoms with Gasteiger partial charge in [-0.05, 0) is 44.0 Å². The summed E-state index contributed by atoms with van der Waals surface area (Å²) in [6.45, 7) is 6.83. The average Bonchev–Trinajstić information content (AvgIpc) is 2.64. The lowest BCUT2D eigenvalue weighted by atomic mass is 10.0. The van der Waals surface area contributed by atoms with E-state index in [-0.39, 0.29) is 18.1 Å². The van der Waals surface area contributed by atoms with Crippen molar-refractivity contribution in [2.45, 2.75) is 39.0 Å². The highest BCUT2D eigenvalue weighted by Crippen LogP contribution is 2.29. The minimum absolute atomic E-state index is 0.0000589. The predicted molar refractivity (Wildman–Crippen MR) is 103 cm³/mol. The van der Waals surface area contributed by atoms with E-state index in [4.69, 9.17) is 21.1 Å². The van der Waals surface area contributed by atoms with Crippen LogP contribution in [0.15, 0.2) is 48.5 Å². The molecule has 1 aliphatic rings. The van der Waals surface area contributed by atoms with E-state index in [1.807, 2.05) is 36.1 Å². The van der Waals surface area contributed by atoms with E-state index in [1.165, 1.54) is 5.56 Å². The van der Waals surface area contributed by atoms with Gasteiger partial charge in [0, 0.05) is 0 Å². The number of carbonyl (C=O) groups excluding carboxylic acids is 1. The molecule has 0 aliphatic carbocycles. The number of ether oxygens (including phenoxy) is 2. The molecule has 0 spiro atoms. The number of morpholine rings is 1. The number of rotatable bonds is 4. The van der Waals surface area contributed by atoms with Crippen molar-refractivity contribution < 1.29 is 14.3 Å². The van der Waals surface area contributed by atoms with Gasteiger partial charge in [-0.2, -0.15) is 0 Å². The molecule has 1 aliphatic heterocycles. The molecule has 0 unspecified atom stereocenters. The first-order chi connectivity index (χ1) is 12.5. The van der Waals surface area contributed by atoms with Gasteiger partial charge in [0.1, 0.15) is 11.9 Å². The van der Waals surface area contributed by atoms with Crippen molar-refractivity contribution in [3.8, 4) is 5.75 Å². The molecule has 0 saturated carbocycles. The van der Waals surface area contributed by atoms with Crippen LogP contribution >= 0.6 is 11.6 Å². The minimum Gasteiger partial charge on any atom is -0.479 e. The zero-order chi connectivity index (χ0) is 18.7. The first-order valence-corrected chi connectivity index (χ1v) is 9.24. The molecule has 2 aromatic carbocycles. The number of benzene rings is 2. The highest BCUT2D eigenvalue weighted by molar-refractivity contribution is 6.32. The molecule has 0 aromatic heterocycles. The third-order valence-corrected chi connectivity index (χ3v) is 5.05. The number of para-hydroxylation sites is 1. The molecule has 0 bridgehead atoms. The van der Waals surface area contributed by atoms with Crippen LogP contribution in [-0.4, -0.2) is 36.1 Å². The van der Waals surface area contributed by atoms with Crippen LogP contribution in [0.2, 0.25) is 5.02 Å². The molecular formula is C21H24ClNO3. The Bertz CT molecular complexity index is 779. The lowest BCUT2D eigenvalue weighted by Gasteiger charge is -2.39. The summed E-state index contributed by atoms with van der Waals surface area (Å²) in [5.41, 5.74) is 2.29. The van der Waals surface area contributed by atoms with Gasteiger partial charge >= 0.3 is 0 Å². The van der Waals surface area contributed by atoms with E-state index in [0.717, 1.165) is 5.56 Å². The molecule has 0 radical (unpaired) electrons. The summed E-state index contributed by atoms with van der Waals surface area (Å²) < 4.78 is 11.8. The summed E-state index contributed by atoms with van der Waals surface area (Å²) in [7, 11) is 0. The van der Waals surface area contributed by atoms with Gasteiger partial charge in [-0.25, -0.2) is 0 Å². The molecule has 2 aromatic rings. The molecular weight excluding hydrogens is 350 g/mol. The molecule has 1 saturated heterocycles. The van der Waals surface area contributed by atoms with Crippen LogP contribution in [0.5, 0.6) is 5.75 Å². The van der Waals surface area contributed by atoms with Gasteiger partial charge in [0.05, 0.1) is 24.2 Å². The van der Waals surface area contributed by atoms with Gasteiger partial charge in [0.2, 0.25) is 0 Å². The fourth-order valence-electron chi connectivity index (χ4n) is 3.21. The van der Waals surface area contributed by atoms with Crippen molar-refractivity contribution in [2.24, 2.45) is 0 Å². The topological polar surface area (TPSA) is 38.8 Å². The average molecular weight is 374 g/mol. The minimum atomic E-state index is -0.618. The Balaban J connectivity index is 1.73. The second-order valence-electron chi connectivity index (χ2n) is 6.71. The smallest absolute Gasteiger partial charge is 0.263 e. The van der Waals surface area contributed by atoms with Gasteiger partial charge in [-0.1, -0.05) is 48.0 Å². The van der Waals surface area contributed by atoms with Crippen molar-refractivity contribution in [1.82, 2.24) is 4.90 Å². The summed E-state index contributed by atoms with van der Waals surface area (Å²) in [5, 5.41) is 0.500. The number of nitrogens with zero attached hydrogens (tertiary/aromatic N) is 1. The molecule has 3 rings (SSSR count). The third-order valence-electron chi connectivity index (χ3n) is 4.74. The summed E-state index contributed by atoms with van der Waals surface area (Å²) >= 11 is 6.14. The summed E-state index contributed by atoms with van der Waals surface area (Å²) in [6.07, 6.45) is -0.739. The zero-order valence-corrected chi connectivity index (χ0v) is 16.1. The molecule has 26 heavy (non-hydrogen) atoms. The second kappa shape index (κ2) is 8.11. The Hall–Kier alpha value is -2.04. The first kappa shape index (κ1) is 18.7. The fraction of sp³-hybridized carbons (Fsp3) is 0.381. The van der Waals surface area contributed by atoms with E-state index in [2.05, 4.69) is 19.1 Å². The lowest BCUT2D eigenvalue weighted by molar-refractivity contribution is -0.151. The van der Waals surface area contributed by atoms with Crippen molar-refractivity contribution >= 4 is 17.5 Å². The second-order valence-corrected chi connectivity index (χ2v) is 7.12. The number of carbonyl (C=O) groups is 1. The van der Waals surface area contributed by atoms with Crippen LogP contribution in [0.4, 0.5) is 0 Å². The Labute approximate surface area is 159 Å². The van der Waals surface area contributed by atoms with Gasteiger partial charge in [-0.15, -0.1) is 0 Å². The van der Waals surface area contributed by atoms with E-state index in [9.17, 15) is 4.79 Å². The predicted octanol–water partition coefficient (Wildman–Crippen LogP) is 4.40. The van der Waals surface area contributed by atoms with Crippen LogP contribution in [-0.2, 0) is 9.53 Å². The molecule has 0 N–H and O–H groups in total. The molecule has 1 fully saturated rings. The zero-order valence-electron chi connectivity index (χ0n) is 15.3. The van der Waals surface area contributed by atoms with Gasteiger partial charge in [0.25, 0.3) is 5.91 Å². The largest absolute Gasteiger partial charge is 0.479 e. The number of amides is 1. The van der Waals surface area contributed by atoms with Gasteiger partial charge in [-0.3, -0.25) is 4.79 Å². The van der Waals surface area contributed by atoms with Gasteiger partial charge in [0.15, 0.2) is 6.10 Å². The van der Waals surface area contributed by atoms with E-state index >= 15 is 0 Å². The maximum Gasteiger partial charge on any atom is 0.263 e. The Morgan fingerprint density at radius 2 is 1.92 bits per heavy atom. The Morgan fingerprint density at radius 1 is 1.23 bits per heavy atom. The maximum absolute atomic E-state index is 13.0. The summed E-state index contributed by atoms with van der Waals surface area (Å²) in [4.78, 5) is 14.8. The van der Waals surface area contributed by atoms with Crippen molar-refractivity contribution in [1.29, 1.82) is 0 Å². The van der Waals surface area contributed by atoms with Crippen LogP contribution in [0, 0.1) is 6.92 Å². The fourth-order valence-corrected chi connectivity index (χ4v) is 3.40. The molecule has 4 nitrogen and oxygen atoms in total. The van der Waals surface area contributed by atoms with Crippen molar-refractivity contribution in [2.75, 3.05) is 13.2 Å². The Kier molecular flexibility index (Phi) is 5.84. The molecule has 3 atom stereocenters. The maximum atomic E-state index is 13.0. The van der Waals surface area contributed by atoms with Gasteiger partial charge < -0.3 is 14.4 Å². The summed E-state index contributed by atoms with van der Waals surface area (Å²) in [5.74, 6) is 0.464. The third kappa shape index (κ3) is 4.02. The van der Waals surface area contributed by atoms with Crippen LogP contribution < -0.4 is 4.74 Å². The standard InChI is InChI=1S/C21H24ClNO3/c1-14-8-4-5-9-17(14)20-12-23(15(2)13-25-20)21(24)16(3)26-19-11-7-6-10-18(19)22/h4-11,15-16,20H,12-13H2,1-3H3/t15-,16+,20+/m1/s1. The highest BCUT2D eigenvalue weighted by atomic mass is 35.5. The molecule has 1 amide bonds. The molecule has 138 valence electrons. The van der Waals surface area contributed by atoms with E-state index < -0.39 is 6.10 Å². The van der Waals surface area contributed by atoms with Crippen LogP contribution in [0.25, 0.3) is 0 Å². The van der Waals surface area contributed by atoms with Crippen LogP contribution in [0.3, 0.4) is 0 Å². The first-order valence-electron chi connectivity index (χ1n) is 8.86. The quantitative estimate of drug-likeness (QED) is 0.797. The highest BCUT2D eigenvalue weighted by Gasteiger charge is 2.34. The monoisotopic (exact) mass is 373 g/mol. The van der Waals surface area contributed by atoms with Crippen molar-refractivity contribution in [3.63, 3.8) is 0 Å².